The van der Waals surface area contributed by atoms with Gasteiger partial charge in [-0.25, -0.2) is 9.79 Å². The van der Waals surface area contributed by atoms with Crippen molar-refractivity contribution >= 4 is 51.2 Å². The van der Waals surface area contributed by atoms with Crippen LogP contribution in [0.3, 0.4) is 0 Å². The fourth-order valence-corrected chi connectivity index (χ4v) is 3.73. The molecular weight excluding hydrogens is 434 g/mol. The fourth-order valence-electron chi connectivity index (χ4n) is 2.40. The smallest absolute Gasteiger partial charge is 0.363 e. The minimum Gasteiger partial charge on any atom is -0.490 e. The maximum atomic E-state index is 12.2. The highest BCUT2D eigenvalue weighted by Gasteiger charge is 2.25. The van der Waals surface area contributed by atoms with E-state index in [9.17, 15) is 9.59 Å². The Morgan fingerprint density at radius 1 is 1.37 bits per heavy atom. The molecule has 0 amide bonds. The zero-order valence-corrected chi connectivity index (χ0v) is 17.3. The summed E-state index contributed by atoms with van der Waals surface area (Å²) in [5, 5.41) is 0. The van der Waals surface area contributed by atoms with Crippen LogP contribution < -0.4 is 9.47 Å². The maximum absolute atomic E-state index is 12.2. The number of hydrogen-bond acceptors (Lipinski definition) is 7. The van der Waals surface area contributed by atoms with E-state index in [0.29, 0.717) is 34.0 Å². The van der Waals surface area contributed by atoms with E-state index >= 15 is 0 Å². The largest absolute Gasteiger partial charge is 0.490 e. The van der Waals surface area contributed by atoms with Crippen molar-refractivity contribution in [1.29, 1.82) is 0 Å². The van der Waals surface area contributed by atoms with Crippen molar-refractivity contribution in [2.75, 3.05) is 6.61 Å². The van der Waals surface area contributed by atoms with E-state index in [2.05, 4.69) is 20.9 Å². The number of aliphatic imine (C=N–C) groups is 1. The molecule has 0 radical (unpaired) electrons. The average molecular weight is 450 g/mol. The third-order valence-corrected chi connectivity index (χ3v) is 5.03. The predicted molar refractivity (Wildman–Crippen MR) is 106 cm³/mol. The lowest BCUT2D eigenvalue weighted by atomic mass is 10.1. The first-order chi connectivity index (χ1) is 12.9. The second-order valence-corrected chi connectivity index (χ2v) is 7.75. The molecule has 6 nitrogen and oxygen atoms in total. The van der Waals surface area contributed by atoms with Crippen LogP contribution in [0.1, 0.15) is 29.2 Å². The van der Waals surface area contributed by atoms with E-state index in [1.807, 2.05) is 26.0 Å². The molecule has 140 valence electrons. The van der Waals surface area contributed by atoms with E-state index in [4.69, 9.17) is 14.2 Å². The summed E-state index contributed by atoms with van der Waals surface area (Å²) >= 11 is 4.88. The van der Waals surface area contributed by atoms with Gasteiger partial charge >= 0.3 is 11.9 Å². The zero-order chi connectivity index (χ0) is 19.6. The molecule has 0 spiro atoms. The number of carbonyl (C=O) groups excluding carboxylic acids is 2. The lowest BCUT2D eigenvalue weighted by Gasteiger charge is -2.12. The molecule has 27 heavy (non-hydrogen) atoms. The van der Waals surface area contributed by atoms with Crippen LogP contribution in [0.15, 0.2) is 39.4 Å². The predicted octanol–water partition coefficient (Wildman–Crippen LogP) is 4.49. The Morgan fingerprint density at radius 2 is 2.15 bits per heavy atom. The van der Waals surface area contributed by atoms with E-state index in [-0.39, 0.29) is 5.70 Å². The summed E-state index contributed by atoms with van der Waals surface area (Å²) in [6.45, 7) is 5.50. The topological polar surface area (TPSA) is 74.2 Å². The monoisotopic (exact) mass is 449 g/mol. The van der Waals surface area contributed by atoms with E-state index in [0.717, 1.165) is 9.75 Å². The van der Waals surface area contributed by atoms with Crippen LogP contribution >= 0.6 is 27.3 Å². The van der Waals surface area contributed by atoms with Gasteiger partial charge in [0.25, 0.3) is 0 Å². The summed E-state index contributed by atoms with van der Waals surface area (Å²) in [6.07, 6.45) is 1.60. The number of thiophene rings is 1. The maximum Gasteiger partial charge on any atom is 0.363 e. The molecule has 3 rings (SSSR count). The number of nitrogens with zero attached hydrogens (tertiary/aromatic N) is 1. The third kappa shape index (κ3) is 4.45. The van der Waals surface area contributed by atoms with Gasteiger partial charge in [-0.1, -0.05) is 0 Å². The number of cyclic esters (lactones) is 1. The Kier molecular flexibility index (Phi) is 5.76. The summed E-state index contributed by atoms with van der Waals surface area (Å²) in [5.74, 6) is -0.00101. The molecule has 1 aliphatic rings. The van der Waals surface area contributed by atoms with Crippen molar-refractivity contribution in [3.63, 3.8) is 0 Å². The first-order valence-electron chi connectivity index (χ1n) is 8.11. The van der Waals surface area contributed by atoms with Crippen molar-refractivity contribution in [2.45, 2.75) is 20.8 Å². The number of hydrogen-bond donors (Lipinski definition) is 0. The highest BCUT2D eigenvalue weighted by Crippen LogP contribution is 2.38. The third-order valence-electron chi connectivity index (χ3n) is 3.45. The second-order valence-electron chi connectivity index (χ2n) is 5.60. The quantitative estimate of drug-likeness (QED) is 0.381. The summed E-state index contributed by atoms with van der Waals surface area (Å²) in [5.41, 5.74) is 0.839. The molecular formula is C19H16BrNO5S. The van der Waals surface area contributed by atoms with Crippen LogP contribution in [0.4, 0.5) is 0 Å². The van der Waals surface area contributed by atoms with Gasteiger partial charge in [0.1, 0.15) is 0 Å². The number of halogens is 1. The van der Waals surface area contributed by atoms with Crippen LogP contribution in [-0.4, -0.2) is 24.4 Å². The van der Waals surface area contributed by atoms with Crippen molar-refractivity contribution in [1.82, 2.24) is 0 Å². The highest BCUT2D eigenvalue weighted by molar-refractivity contribution is 9.10. The number of carbonyl (C=O) groups is 2. The normalized spacial score (nSPS) is 14.9. The molecule has 0 unspecified atom stereocenters. The van der Waals surface area contributed by atoms with E-state index in [1.54, 1.807) is 18.2 Å². The van der Waals surface area contributed by atoms with Crippen LogP contribution in [0, 0.1) is 6.92 Å². The molecule has 0 fully saturated rings. The zero-order valence-electron chi connectivity index (χ0n) is 14.9. The summed E-state index contributed by atoms with van der Waals surface area (Å²) in [4.78, 5) is 29.7. The number of esters is 2. The molecule has 0 bridgehead atoms. The van der Waals surface area contributed by atoms with Gasteiger partial charge in [0.15, 0.2) is 17.2 Å². The Balaban J connectivity index is 1.97. The molecule has 0 saturated heterocycles. The number of benzene rings is 1. The van der Waals surface area contributed by atoms with Gasteiger partial charge in [-0.05, 0) is 65.7 Å². The molecule has 0 atom stereocenters. The number of rotatable bonds is 5. The minimum atomic E-state index is -0.519. The summed E-state index contributed by atoms with van der Waals surface area (Å²) in [6, 6.07) is 7.20. The average Bonchev–Trinajstić information content (AvgIpc) is 3.17. The minimum absolute atomic E-state index is 0.186. The van der Waals surface area contributed by atoms with Gasteiger partial charge in [0, 0.05) is 11.8 Å². The van der Waals surface area contributed by atoms with Gasteiger partial charge in [-0.3, -0.25) is 4.79 Å². The molecule has 2 heterocycles. The molecule has 0 N–H and O–H groups in total. The number of aryl methyl sites for hydroxylation is 1. The highest BCUT2D eigenvalue weighted by atomic mass is 79.9. The van der Waals surface area contributed by atoms with Crippen molar-refractivity contribution in [2.24, 2.45) is 4.99 Å². The van der Waals surface area contributed by atoms with Gasteiger partial charge < -0.3 is 14.2 Å². The molecule has 2 aromatic rings. The number of ether oxygens (including phenoxy) is 3. The molecule has 1 aromatic carbocycles. The lowest BCUT2D eigenvalue weighted by Crippen LogP contribution is -2.05. The van der Waals surface area contributed by atoms with Crippen LogP contribution in [-0.2, 0) is 14.3 Å². The summed E-state index contributed by atoms with van der Waals surface area (Å²) in [7, 11) is 0. The van der Waals surface area contributed by atoms with Crippen LogP contribution in [0.5, 0.6) is 11.5 Å². The van der Waals surface area contributed by atoms with Crippen molar-refractivity contribution in [3.05, 3.63) is 49.8 Å². The second kappa shape index (κ2) is 8.06. The molecule has 1 aliphatic heterocycles. The standard InChI is InChI=1S/C19H16BrNO5S/c1-4-24-15-9-12(7-13(20)17(15)25-11(3)22)8-14-19(23)26-18(21-14)16-6-5-10(2)27-16/h5-9H,4H2,1-3H3/b14-8-. The van der Waals surface area contributed by atoms with E-state index in [1.165, 1.54) is 18.3 Å². The SMILES string of the molecule is CCOc1cc(/C=C2\N=C(c3ccc(C)s3)OC2=O)cc(Br)c1OC(C)=O. The first kappa shape index (κ1) is 19.3. The molecule has 0 saturated carbocycles. The van der Waals surface area contributed by atoms with Crippen LogP contribution in [0.2, 0.25) is 0 Å². The Bertz CT molecular complexity index is 976. The van der Waals surface area contributed by atoms with Gasteiger partial charge in [-0.15, -0.1) is 11.3 Å². The molecule has 1 aromatic heterocycles. The van der Waals surface area contributed by atoms with E-state index < -0.39 is 11.9 Å². The lowest BCUT2D eigenvalue weighted by molar-refractivity contribution is -0.132. The van der Waals surface area contributed by atoms with Crippen molar-refractivity contribution < 1.29 is 23.8 Å². The Labute approximate surface area is 168 Å². The van der Waals surface area contributed by atoms with Gasteiger partial charge in [0.05, 0.1) is 16.0 Å². The summed E-state index contributed by atoms with van der Waals surface area (Å²) < 4.78 is 16.6. The Morgan fingerprint density at radius 3 is 2.78 bits per heavy atom. The van der Waals surface area contributed by atoms with Crippen molar-refractivity contribution in [3.8, 4) is 11.5 Å². The van der Waals surface area contributed by atoms with Crippen LogP contribution in [0.25, 0.3) is 6.08 Å². The first-order valence-corrected chi connectivity index (χ1v) is 9.72. The van der Waals surface area contributed by atoms with Gasteiger partial charge in [0.2, 0.25) is 5.90 Å². The molecule has 8 heteroatoms. The Hall–Kier alpha value is -2.45. The van der Waals surface area contributed by atoms with Gasteiger partial charge in [-0.2, -0.15) is 0 Å². The fraction of sp³-hybridized carbons (Fsp3) is 0.211. The molecule has 0 aliphatic carbocycles.